The van der Waals surface area contributed by atoms with Crippen molar-refractivity contribution in [1.29, 1.82) is 0 Å². The Bertz CT molecular complexity index is 1050. The van der Waals surface area contributed by atoms with Crippen LogP contribution in [0.4, 0.5) is 4.79 Å². The van der Waals surface area contributed by atoms with Crippen LogP contribution in [0.5, 0.6) is 0 Å². The van der Waals surface area contributed by atoms with Crippen molar-refractivity contribution in [3.8, 4) is 11.1 Å². The van der Waals surface area contributed by atoms with Crippen LogP contribution in [0.15, 0.2) is 66.9 Å². The van der Waals surface area contributed by atoms with Crippen LogP contribution in [0.2, 0.25) is 10.2 Å². The highest BCUT2D eigenvalue weighted by Gasteiger charge is 2.28. The summed E-state index contributed by atoms with van der Waals surface area (Å²) in [6.45, 7) is 0.784. The molecule has 2 aromatic carbocycles. The first kappa shape index (κ1) is 20.5. The van der Waals surface area contributed by atoms with E-state index in [1.165, 1.54) is 22.3 Å². The van der Waals surface area contributed by atoms with E-state index < -0.39 is 6.09 Å². The van der Waals surface area contributed by atoms with Gasteiger partial charge < -0.3 is 10.1 Å². The molecule has 1 amide bonds. The van der Waals surface area contributed by atoms with Crippen LogP contribution in [0.3, 0.4) is 0 Å². The minimum Gasteiger partial charge on any atom is -0.449 e. The zero-order valence-electron chi connectivity index (χ0n) is 16.1. The molecule has 152 valence electrons. The van der Waals surface area contributed by atoms with Gasteiger partial charge in [-0.3, -0.25) is 0 Å². The van der Waals surface area contributed by atoms with E-state index in [-0.39, 0.29) is 11.1 Å². The van der Waals surface area contributed by atoms with Gasteiger partial charge in [0.25, 0.3) is 0 Å². The molecule has 4 nitrogen and oxygen atoms in total. The maximum atomic E-state index is 12.1. The van der Waals surface area contributed by atoms with Gasteiger partial charge in [0.15, 0.2) is 0 Å². The molecule has 3 aromatic rings. The van der Waals surface area contributed by atoms with Crippen molar-refractivity contribution in [3.63, 3.8) is 0 Å². The van der Waals surface area contributed by atoms with Crippen LogP contribution in [0, 0.1) is 0 Å². The van der Waals surface area contributed by atoms with Crippen molar-refractivity contribution in [3.05, 3.63) is 93.7 Å². The normalized spacial score (nSPS) is 12.6. The average Bonchev–Trinajstić information content (AvgIpc) is 3.08. The standard InChI is InChI=1S/C24H20Cl2N2O2/c25-22-13-16(14-28-23(22)26)7-5-6-12-27-24(29)30-15-21-19-10-3-1-8-17(19)18-9-2-4-11-20(18)21/h1-5,7-11,13-14,21H,6,12,15H2,(H,27,29). The monoisotopic (exact) mass is 438 g/mol. The Labute approximate surface area is 185 Å². The van der Waals surface area contributed by atoms with Crippen LogP contribution < -0.4 is 5.32 Å². The fourth-order valence-corrected chi connectivity index (χ4v) is 3.93. The van der Waals surface area contributed by atoms with E-state index >= 15 is 0 Å². The number of hydrogen-bond donors (Lipinski definition) is 1. The van der Waals surface area contributed by atoms with E-state index in [0.29, 0.717) is 24.6 Å². The lowest BCUT2D eigenvalue weighted by atomic mass is 9.98. The van der Waals surface area contributed by atoms with Gasteiger partial charge in [-0.15, -0.1) is 0 Å². The van der Waals surface area contributed by atoms with Crippen molar-refractivity contribution in [2.45, 2.75) is 12.3 Å². The van der Waals surface area contributed by atoms with Crippen LogP contribution in [0.25, 0.3) is 17.2 Å². The van der Waals surface area contributed by atoms with Gasteiger partial charge in [0.05, 0.1) is 5.02 Å². The van der Waals surface area contributed by atoms with Crippen LogP contribution in [-0.4, -0.2) is 24.2 Å². The quantitative estimate of drug-likeness (QED) is 0.361. The molecule has 30 heavy (non-hydrogen) atoms. The van der Waals surface area contributed by atoms with Gasteiger partial charge in [-0.25, -0.2) is 9.78 Å². The van der Waals surface area contributed by atoms with E-state index in [0.717, 1.165) is 5.56 Å². The van der Waals surface area contributed by atoms with Crippen molar-refractivity contribution < 1.29 is 9.53 Å². The third-order valence-electron chi connectivity index (χ3n) is 5.05. The predicted octanol–water partition coefficient (Wildman–Crippen LogP) is 6.33. The van der Waals surface area contributed by atoms with Crippen LogP contribution in [-0.2, 0) is 4.74 Å². The number of nitrogens with zero attached hydrogens (tertiary/aromatic N) is 1. The number of halogens is 2. The molecule has 4 rings (SSSR count). The van der Waals surface area contributed by atoms with Gasteiger partial charge >= 0.3 is 6.09 Å². The number of amides is 1. The first-order chi connectivity index (χ1) is 14.6. The first-order valence-corrected chi connectivity index (χ1v) is 10.5. The fraction of sp³-hybridized carbons (Fsp3) is 0.167. The summed E-state index contributed by atoms with van der Waals surface area (Å²) in [7, 11) is 0. The first-order valence-electron chi connectivity index (χ1n) is 9.70. The van der Waals surface area contributed by atoms with Gasteiger partial charge in [0.1, 0.15) is 11.8 Å². The molecule has 0 saturated heterocycles. The van der Waals surface area contributed by atoms with Gasteiger partial charge in [0.2, 0.25) is 0 Å². The molecule has 0 unspecified atom stereocenters. The van der Waals surface area contributed by atoms with E-state index in [2.05, 4.69) is 34.6 Å². The molecular weight excluding hydrogens is 419 g/mol. The Balaban J connectivity index is 1.27. The zero-order valence-corrected chi connectivity index (χ0v) is 17.7. The number of carbonyl (C=O) groups excluding carboxylic acids is 1. The molecule has 1 N–H and O–H groups in total. The Morgan fingerprint density at radius 1 is 1.07 bits per heavy atom. The molecule has 0 spiro atoms. The topological polar surface area (TPSA) is 51.2 Å². The van der Waals surface area contributed by atoms with Crippen molar-refractivity contribution >= 4 is 35.4 Å². The molecule has 1 heterocycles. The number of fused-ring (bicyclic) bond motifs is 3. The molecule has 0 fully saturated rings. The number of benzene rings is 2. The number of hydrogen-bond acceptors (Lipinski definition) is 3. The summed E-state index contributed by atoms with van der Waals surface area (Å²) in [5, 5.41) is 3.48. The molecule has 0 radical (unpaired) electrons. The zero-order chi connectivity index (χ0) is 20.9. The number of rotatable bonds is 6. The summed E-state index contributed by atoms with van der Waals surface area (Å²) in [6.07, 6.45) is 5.70. The number of carbonyl (C=O) groups is 1. The lowest BCUT2D eigenvalue weighted by Gasteiger charge is -2.14. The SMILES string of the molecule is O=C(NCCC=Cc1cnc(Cl)c(Cl)c1)OCC1c2ccccc2-c2ccccc21. The Hall–Kier alpha value is -2.82. The van der Waals surface area contributed by atoms with Gasteiger partial charge in [0, 0.05) is 18.7 Å². The van der Waals surface area contributed by atoms with E-state index in [1.807, 2.05) is 36.4 Å². The number of ether oxygens (including phenoxy) is 1. The Morgan fingerprint density at radius 3 is 2.40 bits per heavy atom. The second-order valence-electron chi connectivity index (χ2n) is 6.98. The largest absolute Gasteiger partial charge is 0.449 e. The number of alkyl carbamates (subject to hydrolysis) is 1. The third kappa shape index (κ3) is 4.50. The number of aromatic nitrogens is 1. The highest BCUT2D eigenvalue weighted by atomic mass is 35.5. The van der Waals surface area contributed by atoms with Gasteiger partial charge in [-0.2, -0.15) is 0 Å². The van der Waals surface area contributed by atoms with E-state index in [9.17, 15) is 4.79 Å². The lowest BCUT2D eigenvalue weighted by Crippen LogP contribution is -2.26. The van der Waals surface area contributed by atoms with Crippen LogP contribution >= 0.6 is 23.2 Å². The van der Waals surface area contributed by atoms with Crippen molar-refractivity contribution in [2.24, 2.45) is 0 Å². The van der Waals surface area contributed by atoms with Crippen molar-refractivity contribution in [1.82, 2.24) is 10.3 Å². The molecule has 6 heteroatoms. The second-order valence-corrected chi connectivity index (χ2v) is 7.75. The average molecular weight is 439 g/mol. The summed E-state index contributed by atoms with van der Waals surface area (Å²) < 4.78 is 5.52. The summed E-state index contributed by atoms with van der Waals surface area (Å²) in [5.74, 6) is 0.0604. The molecule has 1 aliphatic rings. The highest BCUT2D eigenvalue weighted by Crippen LogP contribution is 2.44. The summed E-state index contributed by atoms with van der Waals surface area (Å²) in [5.41, 5.74) is 5.67. The predicted molar refractivity (Wildman–Crippen MR) is 121 cm³/mol. The molecule has 0 atom stereocenters. The third-order valence-corrected chi connectivity index (χ3v) is 5.74. The molecule has 0 aliphatic heterocycles. The maximum absolute atomic E-state index is 12.1. The Kier molecular flexibility index (Phi) is 6.36. The molecule has 0 saturated carbocycles. The smallest absolute Gasteiger partial charge is 0.407 e. The minimum atomic E-state index is -0.415. The number of nitrogens with one attached hydrogen (secondary N) is 1. The summed E-state index contributed by atoms with van der Waals surface area (Å²) in [4.78, 5) is 16.1. The fourth-order valence-electron chi connectivity index (χ4n) is 3.65. The van der Waals surface area contributed by atoms with Gasteiger partial charge in [-0.1, -0.05) is 83.9 Å². The van der Waals surface area contributed by atoms with Gasteiger partial charge in [-0.05, 0) is 40.3 Å². The van der Waals surface area contributed by atoms with E-state index in [1.54, 1.807) is 12.3 Å². The summed E-state index contributed by atoms with van der Waals surface area (Å²) in [6, 6.07) is 18.3. The minimum absolute atomic E-state index is 0.0604. The Morgan fingerprint density at radius 2 is 1.73 bits per heavy atom. The second kappa shape index (κ2) is 9.33. The lowest BCUT2D eigenvalue weighted by molar-refractivity contribution is 0.143. The molecular formula is C24H20Cl2N2O2. The van der Waals surface area contributed by atoms with Crippen LogP contribution in [0.1, 0.15) is 29.0 Å². The highest BCUT2D eigenvalue weighted by molar-refractivity contribution is 6.41. The number of pyridine rings is 1. The molecule has 1 aromatic heterocycles. The summed E-state index contributed by atoms with van der Waals surface area (Å²) >= 11 is 11.7. The van der Waals surface area contributed by atoms with Crippen molar-refractivity contribution in [2.75, 3.05) is 13.2 Å². The maximum Gasteiger partial charge on any atom is 0.407 e. The molecule has 1 aliphatic carbocycles. The van der Waals surface area contributed by atoms with E-state index in [4.69, 9.17) is 27.9 Å². The molecule has 0 bridgehead atoms.